The summed E-state index contributed by atoms with van der Waals surface area (Å²) in [6.07, 6.45) is 0. The molecule has 122 valence electrons. The van der Waals surface area contributed by atoms with Crippen molar-refractivity contribution in [1.82, 2.24) is 9.96 Å². The molecular formula is C18H16N2O4. The van der Waals surface area contributed by atoms with Crippen molar-refractivity contribution in [3.8, 4) is 0 Å². The maximum atomic E-state index is 13.2. The Bertz CT molecular complexity index is 750. The van der Waals surface area contributed by atoms with Gasteiger partial charge in [-0.3, -0.25) is 19.3 Å². The molecule has 0 spiro atoms. The number of hydrogen-bond donors (Lipinski definition) is 0. The van der Waals surface area contributed by atoms with Gasteiger partial charge in [-0.05, 0) is 11.1 Å². The van der Waals surface area contributed by atoms with Crippen LogP contribution in [0, 0.1) is 0 Å². The quantitative estimate of drug-likeness (QED) is 0.810. The molecule has 3 rings (SSSR count). The summed E-state index contributed by atoms with van der Waals surface area (Å²) in [5.74, 6) is -1.33. The van der Waals surface area contributed by atoms with Gasteiger partial charge >= 0.3 is 6.03 Å². The van der Waals surface area contributed by atoms with Crippen molar-refractivity contribution >= 4 is 17.8 Å². The third-order valence-corrected chi connectivity index (χ3v) is 4.19. The van der Waals surface area contributed by atoms with Gasteiger partial charge in [-0.25, -0.2) is 4.79 Å². The molecule has 1 heterocycles. The molecule has 1 fully saturated rings. The zero-order valence-corrected chi connectivity index (χ0v) is 13.3. The Labute approximate surface area is 139 Å². The average molecular weight is 324 g/mol. The number of likely N-dealkylation sites (N-methyl/N-ethyl adjacent to an activating group) is 1. The largest absolute Gasteiger partial charge is 0.357 e. The van der Waals surface area contributed by atoms with E-state index >= 15 is 0 Å². The first-order valence-corrected chi connectivity index (χ1v) is 7.37. The standard InChI is InChI=1S/C18H16N2O4/c1-19-15(21)18(13-9-5-3-6-10-13,14-11-7-4-8-12-14)16(22)20(24-2)17(19)23/h3-12H,1-2H3. The lowest BCUT2D eigenvalue weighted by Gasteiger charge is -2.42. The average Bonchev–Trinajstić information content (AvgIpc) is 2.63. The number of benzene rings is 2. The molecule has 0 saturated carbocycles. The monoisotopic (exact) mass is 324 g/mol. The Hall–Kier alpha value is -2.99. The van der Waals surface area contributed by atoms with Crippen molar-refractivity contribution in [3.63, 3.8) is 0 Å². The Morgan fingerprint density at radius 1 is 0.792 bits per heavy atom. The number of barbiturate groups is 1. The topological polar surface area (TPSA) is 66.9 Å². The number of imide groups is 2. The minimum atomic E-state index is -1.67. The van der Waals surface area contributed by atoms with Crippen molar-refractivity contribution in [2.75, 3.05) is 14.2 Å². The van der Waals surface area contributed by atoms with Crippen LogP contribution in [-0.4, -0.2) is 42.0 Å². The molecule has 6 heteroatoms. The number of hydroxylamine groups is 2. The fraction of sp³-hybridized carbons (Fsp3) is 0.167. The Kier molecular flexibility index (Phi) is 3.91. The SMILES string of the molecule is CON1C(=O)N(C)C(=O)C(c2ccccc2)(c2ccccc2)C1=O. The molecule has 24 heavy (non-hydrogen) atoms. The summed E-state index contributed by atoms with van der Waals surface area (Å²) in [6, 6.07) is 16.5. The van der Waals surface area contributed by atoms with E-state index in [0.717, 1.165) is 4.90 Å². The minimum Gasteiger partial charge on any atom is -0.272 e. The van der Waals surface area contributed by atoms with E-state index in [1.54, 1.807) is 60.7 Å². The maximum absolute atomic E-state index is 13.2. The zero-order chi connectivity index (χ0) is 17.3. The van der Waals surface area contributed by atoms with Crippen LogP contribution in [0.2, 0.25) is 0 Å². The van der Waals surface area contributed by atoms with E-state index in [2.05, 4.69) is 0 Å². The summed E-state index contributed by atoms with van der Waals surface area (Å²) in [5, 5.41) is 0.626. The number of amides is 4. The molecule has 0 N–H and O–H groups in total. The molecular weight excluding hydrogens is 308 g/mol. The van der Waals surface area contributed by atoms with Crippen LogP contribution in [0.15, 0.2) is 60.7 Å². The van der Waals surface area contributed by atoms with Crippen molar-refractivity contribution < 1.29 is 19.2 Å². The minimum absolute atomic E-state index is 0.479. The Morgan fingerprint density at radius 3 is 1.67 bits per heavy atom. The van der Waals surface area contributed by atoms with Gasteiger partial charge in [0.25, 0.3) is 11.8 Å². The van der Waals surface area contributed by atoms with E-state index < -0.39 is 23.3 Å². The number of carbonyl (C=O) groups is 3. The smallest absolute Gasteiger partial charge is 0.272 e. The van der Waals surface area contributed by atoms with E-state index in [9.17, 15) is 14.4 Å². The molecule has 0 aliphatic carbocycles. The van der Waals surface area contributed by atoms with Crippen molar-refractivity contribution in [3.05, 3.63) is 71.8 Å². The number of hydrogen-bond acceptors (Lipinski definition) is 4. The van der Waals surface area contributed by atoms with Gasteiger partial charge < -0.3 is 0 Å². The Morgan fingerprint density at radius 2 is 1.25 bits per heavy atom. The first-order valence-electron chi connectivity index (χ1n) is 7.37. The van der Waals surface area contributed by atoms with Gasteiger partial charge in [0.05, 0.1) is 7.11 Å². The lowest BCUT2D eigenvalue weighted by Crippen LogP contribution is -2.66. The highest BCUT2D eigenvalue weighted by Gasteiger charge is 2.59. The van der Waals surface area contributed by atoms with Crippen LogP contribution >= 0.6 is 0 Å². The van der Waals surface area contributed by atoms with E-state index in [0.29, 0.717) is 16.2 Å². The molecule has 4 amide bonds. The van der Waals surface area contributed by atoms with E-state index in [1.807, 2.05) is 0 Å². The van der Waals surface area contributed by atoms with Gasteiger partial charge in [0.1, 0.15) is 0 Å². The van der Waals surface area contributed by atoms with Crippen molar-refractivity contribution in [2.24, 2.45) is 0 Å². The normalized spacial score (nSPS) is 17.3. The summed E-state index contributed by atoms with van der Waals surface area (Å²) < 4.78 is 0. The highest BCUT2D eigenvalue weighted by atomic mass is 16.7. The predicted molar refractivity (Wildman–Crippen MR) is 85.7 cm³/mol. The van der Waals surface area contributed by atoms with Gasteiger partial charge in [-0.1, -0.05) is 60.7 Å². The van der Waals surface area contributed by atoms with Gasteiger partial charge in [0.15, 0.2) is 5.41 Å². The molecule has 0 bridgehead atoms. The second kappa shape index (κ2) is 5.90. The van der Waals surface area contributed by atoms with Gasteiger partial charge in [0, 0.05) is 7.05 Å². The summed E-state index contributed by atoms with van der Waals surface area (Å²) in [5.41, 5.74) is -0.707. The van der Waals surface area contributed by atoms with Gasteiger partial charge in [0.2, 0.25) is 0 Å². The molecule has 1 aliphatic rings. The van der Waals surface area contributed by atoms with Gasteiger partial charge in [-0.15, -0.1) is 5.06 Å². The first kappa shape index (κ1) is 15.9. The number of carbonyl (C=O) groups excluding carboxylic acids is 3. The van der Waals surface area contributed by atoms with Crippen LogP contribution in [-0.2, 0) is 19.8 Å². The fourth-order valence-electron chi connectivity index (χ4n) is 3.00. The van der Waals surface area contributed by atoms with Gasteiger partial charge in [-0.2, -0.15) is 0 Å². The number of rotatable bonds is 3. The molecule has 6 nitrogen and oxygen atoms in total. The fourth-order valence-corrected chi connectivity index (χ4v) is 3.00. The highest BCUT2D eigenvalue weighted by molar-refractivity contribution is 6.24. The molecule has 0 atom stereocenters. The lowest BCUT2D eigenvalue weighted by molar-refractivity contribution is -0.178. The second-order valence-corrected chi connectivity index (χ2v) is 5.41. The van der Waals surface area contributed by atoms with E-state index in [4.69, 9.17) is 4.84 Å². The first-order chi connectivity index (χ1) is 11.5. The van der Waals surface area contributed by atoms with Crippen LogP contribution in [0.25, 0.3) is 0 Å². The lowest BCUT2D eigenvalue weighted by atomic mass is 9.71. The summed E-state index contributed by atoms with van der Waals surface area (Å²) >= 11 is 0. The molecule has 0 aromatic heterocycles. The molecule has 0 radical (unpaired) electrons. The second-order valence-electron chi connectivity index (χ2n) is 5.41. The molecule has 0 unspecified atom stereocenters. The van der Waals surface area contributed by atoms with E-state index in [-0.39, 0.29) is 0 Å². The van der Waals surface area contributed by atoms with Crippen LogP contribution in [0.3, 0.4) is 0 Å². The van der Waals surface area contributed by atoms with Crippen molar-refractivity contribution in [1.29, 1.82) is 0 Å². The zero-order valence-electron chi connectivity index (χ0n) is 13.3. The summed E-state index contributed by atoms with van der Waals surface area (Å²) in [6.45, 7) is 0. The third-order valence-electron chi connectivity index (χ3n) is 4.19. The number of nitrogens with zero attached hydrogens (tertiary/aromatic N) is 2. The molecule has 2 aromatic rings. The van der Waals surface area contributed by atoms with Crippen LogP contribution in [0.5, 0.6) is 0 Å². The molecule has 1 aliphatic heterocycles. The highest BCUT2D eigenvalue weighted by Crippen LogP contribution is 2.39. The van der Waals surface area contributed by atoms with Crippen LogP contribution in [0.4, 0.5) is 4.79 Å². The predicted octanol–water partition coefficient (Wildman–Crippen LogP) is 1.95. The van der Waals surface area contributed by atoms with E-state index in [1.165, 1.54) is 14.2 Å². The van der Waals surface area contributed by atoms with Crippen LogP contribution in [0.1, 0.15) is 11.1 Å². The molecule has 1 saturated heterocycles. The number of urea groups is 1. The third kappa shape index (κ3) is 2.04. The maximum Gasteiger partial charge on any atom is 0.357 e. The summed E-state index contributed by atoms with van der Waals surface area (Å²) in [7, 11) is 2.56. The Balaban J connectivity index is 2.34. The van der Waals surface area contributed by atoms with Crippen LogP contribution < -0.4 is 0 Å². The summed E-state index contributed by atoms with van der Waals surface area (Å²) in [4.78, 5) is 44.4. The molecule has 2 aromatic carbocycles. The van der Waals surface area contributed by atoms with Crippen molar-refractivity contribution in [2.45, 2.75) is 5.41 Å².